The number of carbonyl (C=O) groups excluding carboxylic acids is 1. The Morgan fingerprint density at radius 3 is 2.20 bits per heavy atom. The van der Waals surface area contributed by atoms with Gasteiger partial charge in [0.15, 0.2) is 0 Å². The molecule has 1 saturated heterocycles. The first kappa shape index (κ1) is 23.9. The average molecular weight is 466 g/mol. The highest BCUT2D eigenvalue weighted by atomic mass is 16.5. The Labute approximate surface area is 205 Å². The molecule has 7 nitrogen and oxygen atoms in total. The van der Waals surface area contributed by atoms with Gasteiger partial charge in [0.25, 0.3) is 5.91 Å². The Bertz CT molecular complexity index is 1240. The Morgan fingerprint density at radius 1 is 1.00 bits per heavy atom. The van der Waals surface area contributed by atoms with Crippen LogP contribution in [-0.2, 0) is 0 Å². The number of hydrogen-bond acceptors (Lipinski definition) is 6. The maximum absolute atomic E-state index is 12.7. The first-order valence-electron chi connectivity index (χ1n) is 11.6. The molecule has 7 heteroatoms. The van der Waals surface area contributed by atoms with E-state index in [1.807, 2.05) is 56.4 Å². The number of hydrogen-bond donors (Lipinski definition) is 1. The van der Waals surface area contributed by atoms with Crippen molar-refractivity contribution in [2.45, 2.75) is 38.5 Å². The van der Waals surface area contributed by atoms with Crippen molar-refractivity contribution in [3.05, 3.63) is 94.7 Å². The fourth-order valence-corrected chi connectivity index (χ4v) is 4.32. The third-order valence-electron chi connectivity index (χ3n) is 5.98. The second-order valence-corrected chi connectivity index (χ2v) is 8.88. The van der Waals surface area contributed by atoms with Crippen LogP contribution >= 0.6 is 0 Å². The average Bonchev–Trinajstić information content (AvgIpc) is 3.33. The highest BCUT2D eigenvalue weighted by Gasteiger charge is 2.31. The molecule has 0 bridgehead atoms. The number of nitrogens with one attached hydrogen (secondary N) is 1. The van der Waals surface area contributed by atoms with Crippen LogP contribution in [-0.4, -0.2) is 41.0 Å². The summed E-state index contributed by atoms with van der Waals surface area (Å²) >= 11 is 0. The van der Waals surface area contributed by atoms with Crippen molar-refractivity contribution in [3.8, 4) is 18.0 Å². The zero-order chi connectivity index (χ0) is 24.8. The maximum atomic E-state index is 12.7. The summed E-state index contributed by atoms with van der Waals surface area (Å²) in [4.78, 5) is 19.6. The van der Waals surface area contributed by atoms with Gasteiger partial charge in [-0.05, 0) is 67.8 Å². The van der Waals surface area contributed by atoms with Crippen LogP contribution in [0.15, 0.2) is 66.9 Å². The molecule has 35 heavy (non-hydrogen) atoms. The smallest absolute Gasteiger partial charge is 0.251 e. The van der Waals surface area contributed by atoms with E-state index in [1.165, 1.54) is 0 Å². The number of likely N-dealkylation sites (tertiary alicyclic amines) is 1. The van der Waals surface area contributed by atoms with Gasteiger partial charge < -0.3 is 10.1 Å². The van der Waals surface area contributed by atoms with Crippen LogP contribution in [0.3, 0.4) is 0 Å². The van der Waals surface area contributed by atoms with E-state index in [4.69, 9.17) is 10.00 Å². The summed E-state index contributed by atoms with van der Waals surface area (Å²) < 4.78 is 5.70. The summed E-state index contributed by atoms with van der Waals surface area (Å²) in [6, 6.07) is 22.3. The Morgan fingerprint density at radius 2 is 1.63 bits per heavy atom. The molecule has 3 aromatic rings. The van der Waals surface area contributed by atoms with Crippen LogP contribution in [0.25, 0.3) is 0 Å². The highest BCUT2D eigenvalue weighted by molar-refractivity contribution is 5.94. The van der Waals surface area contributed by atoms with E-state index < -0.39 is 0 Å². The van der Waals surface area contributed by atoms with Gasteiger partial charge in [-0.2, -0.15) is 10.5 Å². The molecule has 1 aliphatic rings. The van der Waals surface area contributed by atoms with Gasteiger partial charge in [-0.15, -0.1) is 0 Å². The lowest BCUT2D eigenvalue weighted by Gasteiger charge is -2.29. The zero-order valence-corrected chi connectivity index (χ0v) is 19.8. The lowest BCUT2D eigenvalue weighted by atomic mass is 9.97. The monoisotopic (exact) mass is 465 g/mol. The standard InChI is InChI=1S/C28H27N5O2/c1-19(2)35-26-12-11-24(17-31-26)27(22-7-3-20(15-29)4-8-22)33-14-13-25(18-33)32-28(34)23-9-5-21(16-30)6-10-23/h3-12,17,19,25,27H,13-14,18H2,1-2H3,(H,32,34)/t25-,27?/m1/s1. The molecule has 1 aromatic heterocycles. The Hall–Kier alpha value is -4.20. The topological polar surface area (TPSA) is 102 Å². The van der Waals surface area contributed by atoms with E-state index in [2.05, 4.69) is 27.3 Å². The van der Waals surface area contributed by atoms with Gasteiger partial charge in [-0.1, -0.05) is 18.2 Å². The minimum Gasteiger partial charge on any atom is -0.475 e. The van der Waals surface area contributed by atoms with Crippen molar-refractivity contribution < 1.29 is 9.53 Å². The maximum Gasteiger partial charge on any atom is 0.251 e. The van der Waals surface area contributed by atoms with Crippen LogP contribution in [0.2, 0.25) is 0 Å². The minimum absolute atomic E-state index is 0.00414. The summed E-state index contributed by atoms with van der Waals surface area (Å²) in [6.45, 7) is 5.40. The second kappa shape index (κ2) is 10.8. The minimum atomic E-state index is -0.145. The van der Waals surface area contributed by atoms with E-state index in [9.17, 15) is 10.1 Å². The van der Waals surface area contributed by atoms with E-state index in [0.29, 0.717) is 29.1 Å². The number of nitriles is 2. The molecule has 0 spiro atoms. The zero-order valence-electron chi connectivity index (χ0n) is 19.8. The number of benzene rings is 2. The Balaban J connectivity index is 1.52. The number of pyridine rings is 1. The summed E-state index contributed by atoms with van der Waals surface area (Å²) in [7, 11) is 0. The van der Waals surface area contributed by atoms with E-state index in [0.717, 1.165) is 24.1 Å². The SMILES string of the molecule is CC(C)Oc1ccc(C(c2ccc(C#N)cc2)N2CC[C@@H](NC(=O)c3ccc(C#N)cc3)C2)cn1. The number of aromatic nitrogens is 1. The molecule has 1 unspecified atom stereocenters. The molecule has 0 saturated carbocycles. The quantitative estimate of drug-likeness (QED) is 0.561. The number of nitrogens with zero attached hydrogens (tertiary/aromatic N) is 4. The molecule has 1 fully saturated rings. The van der Waals surface area contributed by atoms with E-state index in [1.54, 1.807) is 24.3 Å². The van der Waals surface area contributed by atoms with Crippen LogP contribution in [0.1, 0.15) is 58.9 Å². The number of rotatable bonds is 7. The fourth-order valence-electron chi connectivity index (χ4n) is 4.32. The summed E-state index contributed by atoms with van der Waals surface area (Å²) in [5.74, 6) is 0.435. The van der Waals surface area contributed by atoms with Gasteiger partial charge in [-0.25, -0.2) is 4.98 Å². The van der Waals surface area contributed by atoms with Gasteiger partial charge >= 0.3 is 0 Å². The molecule has 0 radical (unpaired) electrons. The largest absolute Gasteiger partial charge is 0.475 e. The molecule has 4 rings (SSSR count). The first-order valence-corrected chi connectivity index (χ1v) is 11.6. The highest BCUT2D eigenvalue weighted by Crippen LogP contribution is 2.32. The molecular weight excluding hydrogens is 438 g/mol. The van der Waals surface area contributed by atoms with Gasteiger partial charge in [0, 0.05) is 37.0 Å². The van der Waals surface area contributed by atoms with Gasteiger partial charge in [0.1, 0.15) is 0 Å². The Kier molecular flexibility index (Phi) is 7.40. The van der Waals surface area contributed by atoms with Crippen molar-refractivity contribution >= 4 is 5.91 Å². The summed E-state index contributed by atoms with van der Waals surface area (Å²) in [5, 5.41) is 21.3. The van der Waals surface area contributed by atoms with Crippen molar-refractivity contribution in [2.24, 2.45) is 0 Å². The summed E-state index contributed by atoms with van der Waals surface area (Å²) in [5.41, 5.74) is 3.75. The van der Waals surface area contributed by atoms with Crippen LogP contribution in [0.4, 0.5) is 0 Å². The van der Waals surface area contributed by atoms with Crippen LogP contribution in [0, 0.1) is 22.7 Å². The van der Waals surface area contributed by atoms with Gasteiger partial charge in [-0.3, -0.25) is 9.69 Å². The molecular formula is C28H27N5O2. The van der Waals surface area contributed by atoms with Gasteiger partial charge in [0.05, 0.1) is 35.4 Å². The molecule has 0 aliphatic carbocycles. The first-order chi connectivity index (χ1) is 17.0. The summed E-state index contributed by atoms with van der Waals surface area (Å²) in [6.07, 6.45) is 2.70. The fraction of sp³-hybridized carbons (Fsp3) is 0.286. The molecule has 176 valence electrons. The van der Waals surface area contributed by atoms with E-state index in [-0.39, 0.29) is 24.1 Å². The van der Waals surface area contributed by atoms with E-state index >= 15 is 0 Å². The van der Waals surface area contributed by atoms with Crippen molar-refractivity contribution in [1.29, 1.82) is 10.5 Å². The van der Waals surface area contributed by atoms with Crippen LogP contribution < -0.4 is 10.1 Å². The van der Waals surface area contributed by atoms with Crippen molar-refractivity contribution in [2.75, 3.05) is 13.1 Å². The van der Waals surface area contributed by atoms with Crippen molar-refractivity contribution in [1.82, 2.24) is 15.2 Å². The third kappa shape index (κ3) is 5.84. The van der Waals surface area contributed by atoms with Crippen molar-refractivity contribution in [3.63, 3.8) is 0 Å². The molecule has 1 N–H and O–H groups in total. The molecule has 1 amide bonds. The molecule has 2 atom stereocenters. The van der Waals surface area contributed by atoms with Crippen LogP contribution in [0.5, 0.6) is 5.88 Å². The number of carbonyl (C=O) groups is 1. The predicted molar refractivity (Wildman–Crippen MR) is 132 cm³/mol. The lowest BCUT2D eigenvalue weighted by molar-refractivity contribution is 0.0937. The van der Waals surface area contributed by atoms with Gasteiger partial charge in [0.2, 0.25) is 5.88 Å². The predicted octanol–water partition coefficient (Wildman–Crippen LogP) is 4.21. The molecule has 2 heterocycles. The molecule has 2 aromatic carbocycles. The lowest BCUT2D eigenvalue weighted by Crippen LogP contribution is -2.38. The number of amides is 1. The third-order valence-corrected chi connectivity index (χ3v) is 5.98. The second-order valence-electron chi connectivity index (χ2n) is 8.88. The molecule has 1 aliphatic heterocycles. The normalized spacial score (nSPS) is 16.3. The number of ether oxygens (including phenoxy) is 1.